The molecule has 208 valence electrons. The van der Waals surface area contributed by atoms with E-state index in [1.165, 1.54) is 48.6 Å². The molecule has 0 aliphatic carbocycles. The third-order valence-corrected chi connectivity index (χ3v) is 8.42. The highest BCUT2D eigenvalue weighted by Crippen LogP contribution is 2.45. The average molecular weight is 574 g/mol. The predicted molar refractivity (Wildman–Crippen MR) is 143 cm³/mol. The van der Waals surface area contributed by atoms with Crippen molar-refractivity contribution in [3.8, 4) is 16.9 Å². The number of halogens is 5. The van der Waals surface area contributed by atoms with E-state index < -0.39 is 53.1 Å². The van der Waals surface area contributed by atoms with E-state index in [0.717, 1.165) is 18.2 Å². The first-order valence-corrected chi connectivity index (χ1v) is 13.3. The fourth-order valence-electron chi connectivity index (χ4n) is 5.20. The topological polar surface area (TPSA) is 51.5 Å². The van der Waals surface area contributed by atoms with Gasteiger partial charge in [0.05, 0.1) is 29.3 Å². The number of hydrogen-bond acceptors (Lipinski definition) is 4. The maximum Gasteiger partial charge on any atom is 0.416 e. The van der Waals surface area contributed by atoms with Crippen molar-refractivity contribution in [2.75, 3.05) is 12.9 Å². The summed E-state index contributed by atoms with van der Waals surface area (Å²) in [6, 6.07) is 14.9. The molecule has 0 bridgehead atoms. The van der Waals surface area contributed by atoms with Crippen LogP contribution in [0.5, 0.6) is 5.75 Å². The SMILES string of the molecule is COc1cccc(-c2c(C)c(Cc3c(F)cccc3C(F)(F)F)c3n(c2=O)C(C(O)c2ccccc2)CS3)c1F. The third-order valence-electron chi connectivity index (χ3n) is 7.20. The van der Waals surface area contributed by atoms with Crippen LogP contribution in [0.25, 0.3) is 11.1 Å². The van der Waals surface area contributed by atoms with Gasteiger partial charge in [0.25, 0.3) is 5.56 Å². The Morgan fingerprint density at radius 3 is 2.40 bits per heavy atom. The molecule has 0 fully saturated rings. The summed E-state index contributed by atoms with van der Waals surface area (Å²) >= 11 is 1.19. The number of fused-ring (bicyclic) bond motifs is 1. The van der Waals surface area contributed by atoms with Crippen LogP contribution in [0.3, 0.4) is 0 Å². The Morgan fingerprint density at radius 2 is 1.73 bits per heavy atom. The van der Waals surface area contributed by atoms with E-state index in [1.54, 1.807) is 30.3 Å². The van der Waals surface area contributed by atoms with Gasteiger partial charge >= 0.3 is 6.18 Å². The lowest BCUT2D eigenvalue weighted by atomic mass is 9.92. The smallest absolute Gasteiger partial charge is 0.416 e. The second kappa shape index (κ2) is 10.7. The molecular formula is C30H24F5NO3S. The Labute approximate surface area is 231 Å². The molecule has 0 spiro atoms. The Kier molecular flexibility index (Phi) is 7.50. The predicted octanol–water partition coefficient (Wildman–Crippen LogP) is 7.10. The molecule has 0 saturated carbocycles. The number of rotatable bonds is 6. The van der Waals surface area contributed by atoms with E-state index in [-0.39, 0.29) is 33.8 Å². The molecule has 2 heterocycles. The second-order valence-corrected chi connectivity index (χ2v) is 10.5. The molecule has 40 heavy (non-hydrogen) atoms. The van der Waals surface area contributed by atoms with Crippen LogP contribution in [0.4, 0.5) is 22.0 Å². The van der Waals surface area contributed by atoms with Crippen LogP contribution in [0, 0.1) is 18.6 Å². The van der Waals surface area contributed by atoms with Crippen LogP contribution in [-0.2, 0) is 12.6 Å². The van der Waals surface area contributed by atoms with Crippen molar-refractivity contribution in [2.45, 2.75) is 36.7 Å². The summed E-state index contributed by atoms with van der Waals surface area (Å²) in [6.45, 7) is 1.52. The van der Waals surface area contributed by atoms with Gasteiger partial charge in [0.15, 0.2) is 11.6 Å². The van der Waals surface area contributed by atoms with Gasteiger partial charge in [-0.3, -0.25) is 9.36 Å². The quantitative estimate of drug-likeness (QED) is 0.250. The number of thioether (sulfide) groups is 1. The van der Waals surface area contributed by atoms with Crippen molar-refractivity contribution in [1.29, 1.82) is 0 Å². The Bertz CT molecular complexity index is 1640. The minimum atomic E-state index is -4.82. The minimum Gasteiger partial charge on any atom is -0.494 e. The number of hydrogen-bond donors (Lipinski definition) is 1. The van der Waals surface area contributed by atoms with Gasteiger partial charge in [0.1, 0.15) is 11.9 Å². The van der Waals surface area contributed by atoms with Crippen LogP contribution < -0.4 is 10.3 Å². The summed E-state index contributed by atoms with van der Waals surface area (Å²) in [7, 11) is 1.27. The lowest BCUT2D eigenvalue weighted by Crippen LogP contribution is -2.30. The average Bonchev–Trinajstić information content (AvgIpc) is 3.37. The first kappa shape index (κ1) is 27.9. The molecular weight excluding hydrogens is 549 g/mol. The van der Waals surface area contributed by atoms with E-state index in [4.69, 9.17) is 4.74 Å². The first-order chi connectivity index (χ1) is 19.0. The minimum absolute atomic E-state index is 0.0900. The van der Waals surface area contributed by atoms with E-state index in [1.807, 2.05) is 0 Å². The monoisotopic (exact) mass is 573 g/mol. The maximum atomic E-state index is 15.5. The van der Waals surface area contributed by atoms with Gasteiger partial charge in [-0.05, 0) is 41.8 Å². The molecule has 3 aromatic carbocycles. The van der Waals surface area contributed by atoms with Crippen molar-refractivity contribution in [3.05, 3.63) is 117 Å². The highest BCUT2D eigenvalue weighted by Gasteiger charge is 2.38. The molecule has 1 aromatic heterocycles. The van der Waals surface area contributed by atoms with Gasteiger partial charge in [-0.25, -0.2) is 8.78 Å². The number of aromatic nitrogens is 1. The van der Waals surface area contributed by atoms with E-state index in [0.29, 0.717) is 10.6 Å². The molecule has 0 saturated heterocycles. The Morgan fingerprint density at radius 1 is 1.02 bits per heavy atom. The second-order valence-electron chi connectivity index (χ2n) is 9.46. The molecule has 10 heteroatoms. The van der Waals surface area contributed by atoms with E-state index in [2.05, 4.69) is 0 Å². The number of alkyl halides is 3. The molecule has 0 amide bonds. The summed E-state index contributed by atoms with van der Waals surface area (Å²) in [6.07, 6.45) is -6.45. The van der Waals surface area contributed by atoms with E-state index >= 15 is 4.39 Å². The van der Waals surface area contributed by atoms with Gasteiger partial charge in [0, 0.05) is 23.3 Å². The molecule has 1 aliphatic heterocycles. The molecule has 5 rings (SSSR count). The van der Waals surface area contributed by atoms with Crippen LogP contribution in [0.15, 0.2) is 76.6 Å². The van der Waals surface area contributed by atoms with Gasteiger partial charge < -0.3 is 9.84 Å². The molecule has 2 atom stereocenters. The lowest BCUT2D eigenvalue weighted by Gasteiger charge is -2.24. The van der Waals surface area contributed by atoms with Gasteiger partial charge in [0.2, 0.25) is 0 Å². The van der Waals surface area contributed by atoms with Crippen molar-refractivity contribution < 1.29 is 31.8 Å². The number of aliphatic hydroxyl groups is 1. The maximum absolute atomic E-state index is 15.5. The lowest BCUT2D eigenvalue weighted by molar-refractivity contribution is -0.138. The van der Waals surface area contributed by atoms with Crippen molar-refractivity contribution >= 4 is 11.8 Å². The molecule has 1 aliphatic rings. The van der Waals surface area contributed by atoms with Gasteiger partial charge in [-0.1, -0.05) is 48.5 Å². The zero-order valence-electron chi connectivity index (χ0n) is 21.4. The fraction of sp³-hybridized carbons (Fsp3) is 0.233. The normalized spacial score (nSPS) is 15.7. The highest BCUT2D eigenvalue weighted by molar-refractivity contribution is 7.99. The molecule has 0 radical (unpaired) electrons. The van der Waals surface area contributed by atoms with Crippen molar-refractivity contribution in [1.82, 2.24) is 4.57 Å². The summed E-state index contributed by atoms with van der Waals surface area (Å²) in [5, 5.41) is 11.6. The zero-order chi connectivity index (χ0) is 28.8. The number of methoxy groups -OCH3 is 1. The summed E-state index contributed by atoms with van der Waals surface area (Å²) in [5.41, 5.74) is -1.50. The number of ether oxygens (including phenoxy) is 1. The highest BCUT2D eigenvalue weighted by atomic mass is 32.2. The van der Waals surface area contributed by atoms with Crippen LogP contribution >= 0.6 is 11.8 Å². The third kappa shape index (κ3) is 4.79. The molecule has 2 unspecified atom stereocenters. The van der Waals surface area contributed by atoms with Crippen LogP contribution in [0.1, 0.15) is 40.0 Å². The molecule has 1 N–H and O–H groups in total. The Balaban J connectivity index is 1.79. The number of pyridine rings is 1. The zero-order valence-corrected chi connectivity index (χ0v) is 22.2. The summed E-state index contributed by atoms with van der Waals surface area (Å²) in [5.74, 6) is -1.75. The van der Waals surface area contributed by atoms with Crippen LogP contribution in [0.2, 0.25) is 0 Å². The molecule has 4 aromatic rings. The van der Waals surface area contributed by atoms with Crippen molar-refractivity contribution in [2.24, 2.45) is 0 Å². The van der Waals surface area contributed by atoms with Gasteiger partial charge in [-0.2, -0.15) is 13.2 Å². The summed E-state index contributed by atoms with van der Waals surface area (Å²) < 4.78 is 78.5. The first-order valence-electron chi connectivity index (χ1n) is 12.4. The molecule has 4 nitrogen and oxygen atoms in total. The standard InChI is InChI=1S/C30H24F5NO3S/c1-16-19(14-20-21(30(33,34)35)11-7-12-22(20)31)29-36(23(15-40-29)27(37)17-8-4-3-5-9-17)28(38)25(16)18-10-6-13-24(39-2)26(18)32/h3-13,23,27,37H,14-15H2,1-2H3. The number of benzene rings is 3. The number of nitrogens with zero attached hydrogens (tertiary/aromatic N) is 1. The fourth-order valence-corrected chi connectivity index (χ4v) is 6.62. The largest absolute Gasteiger partial charge is 0.494 e. The van der Waals surface area contributed by atoms with Crippen LogP contribution in [-0.4, -0.2) is 22.5 Å². The number of aliphatic hydroxyl groups excluding tert-OH is 1. The van der Waals surface area contributed by atoms with Crippen molar-refractivity contribution in [3.63, 3.8) is 0 Å². The Hall–Kier alpha value is -3.63. The van der Waals surface area contributed by atoms with E-state index in [9.17, 15) is 27.5 Å². The van der Waals surface area contributed by atoms with Gasteiger partial charge in [-0.15, -0.1) is 11.8 Å². The summed E-state index contributed by atoms with van der Waals surface area (Å²) in [4.78, 5) is 14.1.